The van der Waals surface area contributed by atoms with Crippen molar-refractivity contribution in [3.05, 3.63) is 70.7 Å². The number of rotatable bonds is 9. The van der Waals surface area contributed by atoms with Crippen molar-refractivity contribution in [3.8, 4) is 11.5 Å². The number of ketones is 1. The Morgan fingerprint density at radius 2 is 1.70 bits per heavy atom. The van der Waals surface area contributed by atoms with Gasteiger partial charge in [-0.3, -0.25) is 14.6 Å². The first kappa shape index (κ1) is 26.5. The molecule has 0 radical (unpaired) electrons. The van der Waals surface area contributed by atoms with Crippen molar-refractivity contribution in [2.75, 3.05) is 34.0 Å². The van der Waals surface area contributed by atoms with Crippen LogP contribution >= 0.6 is 0 Å². The summed E-state index contributed by atoms with van der Waals surface area (Å²) in [5.74, 6) is -1.24. The summed E-state index contributed by atoms with van der Waals surface area (Å²) in [7, 11) is 3.15. The minimum Gasteiger partial charge on any atom is -0.493 e. The molecule has 0 spiro atoms. The molecule has 37 heavy (non-hydrogen) atoms. The maximum Gasteiger partial charge on any atom is 0.315 e. The van der Waals surface area contributed by atoms with Crippen LogP contribution in [-0.2, 0) is 19.1 Å². The van der Waals surface area contributed by atoms with E-state index in [1.54, 1.807) is 33.3 Å². The number of halogens is 1. The number of Topliss-reactive ketones (excluding diaryl/α,β-unsaturated/α-hetero) is 1. The molecule has 0 bridgehead atoms. The fourth-order valence-corrected chi connectivity index (χ4v) is 5.17. The zero-order chi connectivity index (χ0) is 26.5. The van der Waals surface area contributed by atoms with E-state index in [2.05, 4.69) is 0 Å². The Bertz CT molecular complexity index is 1220. The Morgan fingerprint density at radius 1 is 1.00 bits per heavy atom. The molecule has 0 saturated heterocycles. The second-order valence-electron chi connectivity index (χ2n) is 9.13. The highest BCUT2D eigenvalue weighted by Crippen LogP contribution is 2.47. The maximum absolute atomic E-state index is 13.8. The largest absolute Gasteiger partial charge is 0.493 e. The van der Waals surface area contributed by atoms with E-state index in [0.29, 0.717) is 47.1 Å². The van der Waals surface area contributed by atoms with Gasteiger partial charge in [0.25, 0.3) is 0 Å². The third-order valence-corrected chi connectivity index (χ3v) is 6.93. The zero-order valence-electron chi connectivity index (χ0n) is 21.6. The Kier molecular flexibility index (Phi) is 8.38. The summed E-state index contributed by atoms with van der Waals surface area (Å²) in [5.41, 5.74) is 3.34. The molecule has 1 aliphatic heterocycles. The molecule has 8 heteroatoms. The van der Waals surface area contributed by atoms with E-state index in [9.17, 15) is 14.0 Å². The van der Waals surface area contributed by atoms with Crippen LogP contribution in [-0.4, -0.2) is 51.5 Å². The van der Waals surface area contributed by atoms with Crippen molar-refractivity contribution in [1.82, 2.24) is 0 Å². The lowest BCUT2D eigenvalue weighted by Gasteiger charge is -2.36. The van der Waals surface area contributed by atoms with Gasteiger partial charge < -0.3 is 18.9 Å². The molecule has 1 aliphatic carbocycles. The maximum atomic E-state index is 13.8. The van der Waals surface area contributed by atoms with Crippen molar-refractivity contribution in [2.24, 2.45) is 10.9 Å². The highest BCUT2D eigenvalue weighted by molar-refractivity contribution is 6.09. The lowest BCUT2D eigenvalue weighted by atomic mass is 9.69. The molecule has 1 unspecified atom stereocenters. The van der Waals surface area contributed by atoms with Crippen LogP contribution in [0.3, 0.4) is 0 Å². The van der Waals surface area contributed by atoms with Gasteiger partial charge in [0, 0.05) is 35.9 Å². The SMILES string of the molecule is CCOCCOC(=O)C1C(C)=NC2=C(C(=O)C[C@H](c3ccc(OC)c(OC)c3)C2)[C@H]1c1ccc(F)cc1. The number of hydrogen-bond donors (Lipinski definition) is 0. The van der Waals surface area contributed by atoms with Gasteiger partial charge in [-0.1, -0.05) is 18.2 Å². The summed E-state index contributed by atoms with van der Waals surface area (Å²) in [6.45, 7) is 4.55. The summed E-state index contributed by atoms with van der Waals surface area (Å²) >= 11 is 0. The van der Waals surface area contributed by atoms with Crippen molar-refractivity contribution >= 4 is 17.5 Å². The second-order valence-corrected chi connectivity index (χ2v) is 9.13. The highest BCUT2D eigenvalue weighted by Gasteiger charge is 2.44. The van der Waals surface area contributed by atoms with Crippen LogP contribution in [0.4, 0.5) is 4.39 Å². The monoisotopic (exact) mass is 509 g/mol. The van der Waals surface area contributed by atoms with Crippen LogP contribution in [0.15, 0.2) is 58.7 Å². The molecule has 1 heterocycles. The number of hydrogen-bond acceptors (Lipinski definition) is 7. The van der Waals surface area contributed by atoms with Gasteiger partial charge in [0.1, 0.15) is 18.3 Å². The molecule has 2 aliphatic rings. The van der Waals surface area contributed by atoms with Gasteiger partial charge >= 0.3 is 5.97 Å². The topological polar surface area (TPSA) is 83.4 Å². The van der Waals surface area contributed by atoms with Crippen molar-refractivity contribution < 1.29 is 32.9 Å². The predicted octanol–water partition coefficient (Wildman–Crippen LogP) is 5.00. The van der Waals surface area contributed by atoms with Crippen molar-refractivity contribution in [1.29, 1.82) is 0 Å². The molecule has 4 rings (SSSR count). The number of allylic oxidation sites excluding steroid dienone is 2. The van der Waals surface area contributed by atoms with E-state index < -0.39 is 23.6 Å². The molecular weight excluding hydrogens is 477 g/mol. The molecule has 3 atom stereocenters. The average molecular weight is 510 g/mol. The van der Waals surface area contributed by atoms with Crippen LogP contribution in [0.2, 0.25) is 0 Å². The molecular formula is C29H32FNO6. The van der Waals surface area contributed by atoms with Gasteiger partial charge in [0.2, 0.25) is 0 Å². The Hall–Kier alpha value is -3.52. The number of aliphatic imine (C=N–C) groups is 1. The standard InChI is InChI=1S/C29H32FNO6/c1-5-36-12-13-37-29(33)26-17(2)31-22-14-20(19-8-11-24(34-3)25(16-19)35-4)15-23(32)28(22)27(26)18-6-9-21(30)10-7-18/h6-11,16,20,26-27H,5,12-15H2,1-4H3/t20-,26?,27+/m1/s1. The summed E-state index contributed by atoms with van der Waals surface area (Å²) in [5, 5.41) is 0. The lowest BCUT2D eigenvalue weighted by Crippen LogP contribution is -2.38. The number of carbonyl (C=O) groups excluding carboxylic acids is 2. The molecule has 0 saturated carbocycles. The number of carbonyl (C=O) groups is 2. The summed E-state index contributed by atoms with van der Waals surface area (Å²) in [6.07, 6.45) is 0.782. The zero-order valence-corrected chi connectivity index (χ0v) is 21.6. The Labute approximate surface area is 216 Å². The van der Waals surface area contributed by atoms with Crippen LogP contribution in [0.1, 0.15) is 49.7 Å². The smallest absolute Gasteiger partial charge is 0.315 e. The average Bonchev–Trinajstić information content (AvgIpc) is 2.90. The van der Waals surface area contributed by atoms with E-state index in [-0.39, 0.29) is 31.3 Å². The third kappa shape index (κ3) is 5.59. The van der Waals surface area contributed by atoms with Gasteiger partial charge in [0.05, 0.1) is 20.8 Å². The van der Waals surface area contributed by atoms with Gasteiger partial charge in [-0.25, -0.2) is 4.39 Å². The van der Waals surface area contributed by atoms with Gasteiger partial charge in [-0.05, 0) is 61.6 Å². The van der Waals surface area contributed by atoms with Crippen LogP contribution in [0.25, 0.3) is 0 Å². The number of esters is 1. The first-order chi connectivity index (χ1) is 17.9. The van der Waals surface area contributed by atoms with E-state index in [1.165, 1.54) is 12.1 Å². The van der Waals surface area contributed by atoms with E-state index in [0.717, 1.165) is 5.56 Å². The third-order valence-electron chi connectivity index (χ3n) is 6.93. The number of benzene rings is 2. The number of nitrogens with zero attached hydrogens (tertiary/aromatic N) is 1. The number of ether oxygens (including phenoxy) is 4. The van der Waals surface area contributed by atoms with E-state index in [1.807, 2.05) is 25.1 Å². The second kappa shape index (κ2) is 11.7. The van der Waals surface area contributed by atoms with Crippen LogP contribution in [0.5, 0.6) is 11.5 Å². The molecule has 196 valence electrons. The fourth-order valence-electron chi connectivity index (χ4n) is 5.17. The molecule has 7 nitrogen and oxygen atoms in total. The minimum atomic E-state index is -0.785. The van der Waals surface area contributed by atoms with E-state index in [4.69, 9.17) is 23.9 Å². The summed E-state index contributed by atoms with van der Waals surface area (Å²) in [6, 6.07) is 11.6. The van der Waals surface area contributed by atoms with E-state index >= 15 is 0 Å². The molecule has 0 amide bonds. The quantitative estimate of drug-likeness (QED) is 0.350. The van der Waals surface area contributed by atoms with Gasteiger partial charge in [-0.15, -0.1) is 0 Å². The number of methoxy groups -OCH3 is 2. The van der Waals surface area contributed by atoms with Crippen molar-refractivity contribution in [3.63, 3.8) is 0 Å². The summed E-state index contributed by atoms with van der Waals surface area (Å²) in [4.78, 5) is 31.7. The van der Waals surface area contributed by atoms with Gasteiger partial charge in [-0.2, -0.15) is 0 Å². The normalized spacial score (nSPS) is 21.3. The Balaban J connectivity index is 1.70. The van der Waals surface area contributed by atoms with Crippen LogP contribution in [0, 0.1) is 11.7 Å². The molecule has 0 aromatic heterocycles. The minimum absolute atomic E-state index is 0.0845. The highest BCUT2D eigenvalue weighted by atomic mass is 19.1. The fraction of sp³-hybridized carbons (Fsp3) is 0.414. The van der Waals surface area contributed by atoms with Crippen molar-refractivity contribution in [2.45, 2.75) is 38.5 Å². The predicted molar refractivity (Wildman–Crippen MR) is 137 cm³/mol. The van der Waals surface area contributed by atoms with Crippen LogP contribution < -0.4 is 9.47 Å². The first-order valence-electron chi connectivity index (χ1n) is 12.4. The lowest BCUT2D eigenvalue weighted by molar-refractivity contribution is -0.148. The molecule has 0 fully saturated rings. The Morgan fingerprint density at radius 3 is 2.38 bits per heavy atom. The van der Waals surface area contributed by atoms with Gasteiger partial charge in [0.15, 0.2) is 17.3 Å². The summed E-state index contributed by atoms with van der Waals surface area (Å²) < 4.78 is 35.3. The first-order valence-corrected chi connectivity index (χ1v) is 12.4. The molecule has 2 aromatic rings. The molecule has 0 N–H and O–H groups in total. The molecule has 2 aromatic carbocycles.